The van der Waals surface area contributed by atoms with Crippen LogP contribution in [0.4, 0.5) is 9.18 Å². The molecular formula is C20H25FN6O4. The molecule has 3 rings (SSSR count). The van der Waals surface area contributed by atoms with E-state index in [1.165, 1.54) is 11.0 Å². The highest BCUT2D eigenvalue weighted by atomic mass is 19.1. The van der Waals surface area contributed by atoms with E-state index in [2.05, 4.69) is 9.97 Å². The second-order valence-corrected chi connectivity index (χ2v) is 7.90. The Kier molecular flexibility index (Phi) is 7.08. The minimum Gasteiger partial charge on any atom is -0.474 e. The van der Waals surface area contributed by atoms with Crippen LogP contribution < -0.4 is 9.47 Å². The molecule has 166 valence electrons. The number of nitriles is 2. The molecule has 1 N–H and O–H groups in total. The largest absolute Gasteiger partial charge is 0.474 e. The van der Waals surface area contributed by atoms with Gasteiger partial charge in [-0.3, -0.25) is 4.90 Å². The minimum absolute atomic E-state index is 0.0652. The van der Waals surface area contributed by atoms with Gasteiger partial charge >= 0.3 is 6.09 Å². The summed E-state index contributed by atoms with van der Waals surface area (Å²) in [5, 5.41) is 27.6. The van der Waals surface area contributed by atoms with Crippen molar-refractivity contribution in [2.75, 3.05) is 20.1 Å². The van der Waals surface area contributed by atoms with Gasteiger partial charge in [0.05, 0.1) is 24.6 Å². The van der Waals surface area contributed by atoms with Crippen LogP contribution in [0.1, 0.15) is 38.4 Å². The number of likely N-dealkylation sites (N-methyl/N-ethyl adjacent to an activating group) is 1. The first-order valence-electron chi connectivity index (χ1n) is 10.1. The summed E-state index contributed by atoms with van der Waals surface area (Å²) in [5.41, 5.74) is 0. The lowest BCUT2D eigenvalue weighted by atomic mass is 9.97. The first-order chi connectivity index (χ1) is 14.8. The lowest BCUT2D eigenvalue weighted by molar-refractivity contribution is 0.0534. The van der Waals surface area contributed by atoms with E-state index in [-0.39, 0.29) is 48.8 Å². The van der Waals surface area contributed by atoms with Gasteiger partial charge in [0.1, 0.15) is 24.4 Å². The number of nitrogens with zero attached hydrogens (tertiary/aromatic N) is 6. The van der Waals surface area contributed by atoms with Crippen molar-refractivity contribution in [3.8, 4) is 23.9 Å². The Morgan fingerprint density at radius 3 is 2.74 bits per heavy atom. The quantitative estimate of drug-likeness (QED) is 0.715. The lowest BCUT2D eigenvalue weighted by Crippen LogP contribution is -2.48. The molecule has 1 unspecified atom stereocenters. The summed E-state index contributed by atoms with van der Waals surface area (Å²) in [7, 11) is 1.83. The number of ether oxygens (including phenoxy) is 2. The maximum absolute atomic E-state index is 13.7. The van der Waals surface area contributed by atoms with Crippen molar-refractivity contribution < 1.29 is 23.8 Å². The third-order valence-electron chi connectivity index (χ3n) is 5.70. The Labute approximate surface area is 179 Å². The predicted octanol–water partition coefficient (Wildman–Crippen LogP) is 1.96. The van der Waals surface area contributed by atoms with E-state index in [0.29, 0.717) is 25.8 Å². The molecule has 10 nitrogen and oxygen atoms in total. The van der Waals surface area contributed by atoms with Gasteiger partial charge in [0.15, 0.2) is 0 Å². The number of alkyl halides is 1. The summed E-state index contributed by atoms with van der Waals surface area (Å²) >= 11 is 0. The number of piperidine rings is 1. The first-order valence-corrected chi connectivity index (χ1v) is 10.1. The van der Waals surface area contributed by atoms with E-state index in [0.717, 1.165) is 0 Å². The van der Waals surface area contributed by atoms with Gasteiger partial charge in [0.2, 0.25) is 17.6 Å². The molecule has 0 bridgehead atoms. The van der Waals surface area contributed by atoms with Crippen molar-refractivity contribution in [1.29, 1.82) is 10.5 Å². The fraction of sp³-hybridized carbons (Fsp3) is 0.650. The number of likely N-dealkylation sites (tertiary alicyclic amines) is 2. The molecule has 0 aliphatic carbocycles. The summed E-state index contributed by atoms with van der Waals surface area (Å²) in [4.78, 5) is 22.6. The number of rotatable bonds is 6. The molecule has 0 radical (unpaired) electrons. The van der Waals surface area contributed by atoms with E-state index in [4.69, 9.17) is 14.7 Å². The molecule has 2 fully saturated rings. The third kappa shape index (κ3) is 5.50. The SMILES string of the molecule is CC(Oc1cc(O[C@H]2CCN(C(=O)O)[C@H](CC#N)C2)nc(C#N)n1)[C@@H]1C[C@H](F)CN1C. The van der Waals surface area contributed by atoms with Crippen LogP contribution in [0.3, 0.4) is 0 Å². The molecule has 1 aromatic heterocycles. The average molecular weight is 432 g/mol. The Morgan fingerprint density at radius 1 is 1.39 bits per heavy atom. The van der Waals surface area contributed by atoms with Crippen LogP contribution in [0.15, 0.2) is 6.07 Å². The van der Waals surface area contributed by atoms with Crippen LogP contribution in [0.2, 0.25) is 0 Å². The zero-order valence-corrected chi connectivity index (χ0v) is 17.4. The number of carboxylic acid groups (broad SMARTS) is 1. The highest BCUT2D eigenvalue weighted by Crippen LogP contribution is 2.27. The van der Waals surface area contributed by atoms with Gasteiger partial charge in [-0.15, -0.1) is 0 Å². The number of halogens is 1. The Bertz CT molecular complexity index is 887. The molecule has 1 amide bonds. The lowest BCUT2D eigenvalue weighted by Gasteiger charge is -2.36. The zero-order valence-electron chi connectivity index (χ0n) is 17.4. The summed E-state index contributed by atoms with van der Waals surface area (Å²) < 4.78 is 25.5. The van der Waals surface area contributed by atoms with E-state index >= 15 is 0 Å². The van der Waals surface area contributed by atoms with Gasteiger partial charge in [-0.25, -0.2) is 9.18 Å². The molecule has 0 spiro atoms. The van der Waals surface area contributed by atoms with Crippen molar-refractivity contribution >= 4 is 6.09 Å². The number of hydrogen-bond acceptors (Lipinski definition) is 8. The molecule has 0 aromatic carbocycles. The number of aromatic nitrogens is 2. The van der Waals surface area contributed by atoms with Gasteiger partial charge in [0.25, 0.3) is 0 Å². The summed E-state index contributed by atoms with van der Waals surface area (Å²) in [6, 6.07) is 4.77. The number of hydrogen-bond donors (Lipinski definition) is 1. The van der Waals surface area contributed by atoms with Crippen LogP contribution in [0, 0.1) is 22.7 Å². The molecule has 1 aromatic rings. The van der Waals surface area contributed by atoms with E-state index in [1.807, 2.05) is 31.0 Å². The average Bonchev–Trinajstić information content (AvgIpc) is 3.06. The summed E-state index contributed by atoms with van der Waals surface area (Å²) in [6.45, 7) is 2.40. The zero-order chi connectivity index (χ0) is 22.5. The molecule has 0 saturated carbocycles. The number of amides is 1. The first kappa shape index (κ1) is 22.5. The van der Waals surface area contributed by atoms with Gasteiger partial charge in [-0.2, -0.15) is 20.5 Å². The molecule has 2 aliphatic heterocycles. The van der Waals surface area contributed by atoms with Gasteiger partial charge in [-0.05, 0) is 20.4 Å². The van der Waals surface area contributed by atoms with Crippen molar-refractivity contribution in [2.24, 2.45) is 0 Å². The Morgan fingerprint density at radius 2 is 2.13 bits per heavy atom. The van der Waals surface area contributed by atoms with Crippen LogP contribution in [-0.2, 0) is 0 Å². The molecular weight excluding hydrogens is 407 g/mol. The third-order valence-corrected chi connectivity index (χ3v) is 5.70. The standard InChI is InChI=1S/C20H25FN6O4/c1-12(16-7-13(21)11-26(16)2)30-18-9-19(25-17(10-23)24-18)31-15-4-6-27(20(28)29)14(8-15)3-5-22/h9,12-16H,3-4,6-8,11H2,1-2H3,(H,28,29)/t12?,13-,14+,15-,16-/m0/s1. The second kappa shape index (κ2) is 9.75. The van der Waals surface area contributed by atoms with Gasteiger partial charge in [0, 0.05) is 32.0 Å². The van der Waals surface area contributed by atoms with Crippen molar-refractivity contribution in [3.05, 3.63) is 11.9 Å². The molecule has 5 atom stereocenters. The molecule has 31 heavy (non-hydrogen) atoms. The molecule has 2 aliphatic rings. The van der Waals surface area contributed by atoms with Crippen LogP contribution in [0.5, 0.6) is 11.8 Å². The highest BCUT2D eigenvalue weighted by molar-refractivity contribution is 5.65. The normalized spacial score (nSPS) is 27.2. The monoisotopic (exact) mass is 432 g/mol. The van der Waals surface area contributed by atoms with Crippen molar-refractivity contribution in [2.45, 2.75) is 63.1 Å². The minimum atomic E-state index is -1.07. The Balaban J connectivity index is 1.70. The van der Waals surface area contributed by atoms with Gasteiger partial charge < -0.3 is 19.5 Å². The fourth-order valence-electron chi connectivity index (χ4n) is 4.20. The number of carbonyl (C=O) groups is 1. The van der Waals surface area contributed by atoms with Crippen LogP contribution in [-0.4, -0.2) is 81.6 Å². The Hall–Kier alpha value is -3.18. The van der Waals surface area contributed by atoms with E-state index in [9.17, 15) is 19.6 Å². The van der Waals surface area contributed by atoms with Crippen LogP contribution >= 0.6 is 0 Å². The maximum Gasteiger partial charge on any atom is 0.407 e. The molecule has 3 heterocycles. The maximum atomic E-state index is 13.7. The predicted molar refractivity (Wildman–Crippen MR) is 105 cm³/mol. The van der Waals surface area contributed by atoms with Crippen LogP contribution in [0.25, 0.3) is 0 Å². The fourth-order valence-corrected chi connectivity index (χ4v) is 4.20. The van der Waals surface area contributed by atoms with Gasteiger partial charge in [-0.1, -0.05) is 0 Å². The smallest absolute Gasteiger partial charge is 0.407 e. The van der Waals surface area contributed by atoms with E-state index < -0.39 is 18.3 Å². The molecule has 11 heteroatoms. The second-order valence-electron chi connectivity index (χ2n) is 7.90. The van der Waals surface area contributed by atoms with Crippen molar-refractivity contribution in [1.82, 2.24) is 19.8 Å². The highest BCUT2D eigenvalue weighted by Gasteiger charge is 2.35. The van der Waals surface area contributed by atoms with E-state index in [1.54, 1.807) is 0 Å². The summed E-state index contributed by atoms with van der Waals surface area (Å²) in [5.74, 6) is 0.169. The summed E-state index contributed by atoms with van der Waals surface area (Å²) in [6.07, 6.45) is -1.51. The van der Waals surface area contributed by atoms with Crippen molar-refractivity contribution in [3.63, 3.8) is 0 Å². The molecule has 2 saturated heterocycles. The topological polar surface area (TPSA) is 136 Å².